The molecule has 0 spiro atoms. The first kappa shape index (κ1) is 20.1. The summed E-state index contributed by atoms with van der Waals surface area (Å²) in [6.45, 7) is 1.07. The molecule has 1 aliphatic rings. The van der Waals surface area contributed by atoms with E-state index in [0.29, 0.717) is 47.7 Å². The van der Waals surface area contributed by atoms with E-state index in [9.17, 15) is 14.0 Å². The van der Waals surface area contributed by atoms with Gasteiger partial charge in [-0.1, -0.05) is 12.1 Å². The van der Waals surface area contributed by atoms with Crippen molar-refractivity contribution in [3.63, 3.8) is 0 Å². The van der Waals surface area contributed by atoms with Gasteiger partial charge in [-0.25, -0.2) is 9.37 Å². The number of aromatic amines is 1. The lowest BCUT2D eigenvalue weighted by Gasteiger charge is -2.32. The molecule has 1 aromatic heterocycles. The molecule has 3 aromatic rings. The second-order valence-electron chi connectivity index (χ2n) is 7.59. The predicted octanol–water partition coefficient (Wildman–Crippen LogP) is 3.76. The second kappa shape index (κ2) is 8.65. The Balaban J connectivity index is 1.38. The molecule has 0 saturated carbocycles. The number of nitrogens with one attached hydrogen (secondary N) is 1. The topological polar surface area (TPSA) is 75.3 Å². The molecule has 0 radical (unpaired) electrons. The number of H-pyrrole nitrogens is 1. The summed E-state index contributed by atoms with van der Waals surface area (Å²) >= 11 is 0. The summed E-state index contributed by atoms with van der Waals surface area (Å²) in [6, 6.07) is 11.6. The van der Waals surface area contributed by atoms with Crippen molar-refractivity contribution in [2.75, 3.05) is 20.2 Å². The second-order valence-corrected chi connectivity index (χ2v) is 7.59. The van der Waals surface area contributed by atoms with Crippen LogP contribution in [0.1, 0.15) is 35.4 Å². The molecule has 0 bridgehead atoms. The maximum atomic E-state index is 13.3. The minimum absolute atomic E-state index is 0.000775. The first-order valence-corrected chi connectivity index (χ1v) is 10.1. The average molecular weight is 409 g/mol. The number of likely N-dealkylation sites (tertiary alicyclic amines) is 1. The Morgan fingerprint density at radius 3 is 2.93 bits per heavy atom. The number of piperidine rings is 1. The number of ketones is 1. The van der Waals surface area contributed by atoms with Crippen LogP contribution in [0.5, 0.6) is 5.75 Å². The standard InChI is InChI=1S/C23H24FN3O3/c1-30-20-7-3-2-6-17(20)23(29)15-5-4-12-27(14-15)22(28)11-10-21-25-18-9-8-16(24)13-19(18)26-21/h2-3,6-9,13,15H,4-5,10-12,14H2,1H3,(H,25,26). The zero-order valence-corrected chi connectivity index (χ0v) is 16.9. The molecule has 1 fully saturated rings. The number of methoxy groups -OCH3 is 1. The number of aryl methyl sites for hydroxylation is 1. The smallest absolute Gasteiger partial charge is 0.223 e. The number of hydrogen-bond acceptors (Lipinski definition) is 4. The first-order chi connectivity index (χ1) is 14.5. The van der Waals surface area contributed by atoms with Crippen molar-refractivity contribution in [1.82, 2.24) is 14.9 Å². The molecule has 1 unspecified atom stereocenters. The number of amides is 1. The highest BCUT2D eigenvalue weighted by Crippen LogP contribution is 2.26. The number of hydrogen-bond donors (Lipinski definition) is 1. The third-order valence-electron chi connectivity index (χ3n) is 5.59. The van der Waals surface area contributed by atoms with Crippen LogP contribution < -0.4 is 4.74 Å². The number of nitrogens with zero attached hydrogens (tertiary/aromatic N) is 2. The SMILES string of the molecule is COc1ccccc1C(=O)C1CCCN(C(=O)CCc2nc3ccc(F)cc3[nH]2)C1. The number of Topliss-reactive ketones (excluding diaryl/α,β-unsaturated/α-hetero) is 1. The van der Waals surface area contributed by atoms with Gasteiger partial charge in [-0.3, -0.25) is 9.59 Å². The molecule has 156 valence electrons. The minimum atomic E-state index is -0.326. The minimum Gasteiger partial charge on any atom is -0.496 e. The van der Waals surface area contributed by atoms with Crippen LogP contribution in [0.15, 0.2) is 42.5 Å². The van der Waals surface area contributed by atoms with Gasteiger partial charge in [0.1, 0.15) is 17.4 Å². The molecule has 0 aliphatic carbocycles. The van der Waals surface area contributed by atoms with Crippen LogP contribution in [0, 0.1) is 11.7 Å². The van der Waals surface area contributed by atoms with Gasteiger partial charge in [-0.05, 0) is 43.2 Å². The zero-order valence-electron chi connectivity index (χ0n) is 16.9. The van der Waals surface area contributed by atoms with Crippen LogP contribution in [-0.2, 0) is 11.2 Å². The van der Waals surface area contributed by atoms with Gasteiger partial charge in [0.2, 0.25) is 5.91 Å². The van der Waals surface area contributed by atoms with Gasteiger partial charge < -0.3 is 14.6 Å². The Hall–Kier alpha value is -3.22. The van der Waals surface area contributed by atoms with Crippen LogP contribution in [0.2, 0.25) is 0 Å². The predicted molar refractivity (Wildman–Crippen MR) is 111 cm³/mol. The van der Waals surface area contributed by atoms with E-state index >= 15 is 0 Å². The fourth-order valence-electron chi connectivity index (χ4n) is 4.02. The van der Waals surface area contributed by atoms with Crippen LogP contribution in [0.3, 0.4) is 0 Å². The van der Waals surface area contributed by atoms with E-state index in [-0.39, 0.29) is 29.8 Å². The van der Waals surface area contributed by atoms with Gasteiger partial charge in [-0.15, -0.1) is 0 Å². The molecule has 1 aliphatic heterocycles. The van der Waals surface area contributed by atoms with Crippen LogP contribution >= 0.6 is 0 Å². The molecule has 6 nitrogen and oxygen atoms in total. The molecule has 4 rings (SSSR count). The summed E-state index contributed by atoms with van der Waals surface area (Å²) in [4.78, 5) is 35.0. The Labute approximate surface area is 174 Å². The number of fused-ring (bicyclic) bond motifs is 1. The average Bonchev–Trinajstić information content (AvgIpc) is 3.19. The zero-order chi connectivity index (χ0) is 21.1. The number of imidazole rings is 1. The number of benzene rings is 2. The largest absolute Gasteiger partial charge is 0.496 e. The third kappa shape index (κ3) is 4.20. The van der Waals surface area contributed by atoms with Gasteiger partial charge in [0.05, 0.1) is 23.7 Å². The van der Waals surface area contributed by atoms with Crippen molar-refractivity contribution in [3.8, 4) is 5.75 Å². The molecule has 2 aromatic carbocycles. The summed E-state index contributed by atoms with van der Waals surface area (Å²) in [5, 5.41) is 0. The Bertz CT molecular complexity index is 1080. The number of carbonyl (C=O) groups is 2. The fraction of sp³-hybridized carbons (Fsp3) is 0.348. The highest BCUT2D eigenvalue weighted by Gasteiger charge is 2.30. The summed E-state index contributed by atoms with van der Waals surface area (Å²) in [6.07, 6.45) is 2.28. The summed E-state index contributed by atoms with van der Waals surface area (Å²) in [5.74, 6) is 0.680. The first-order valence-electron chi connectivity index (χ1n) is 10.1. The van der Waals surface area contributed by atoms with E-state index in [4.69, 9.17) is 4.74 Å². The molecular formula is C23H24FN3O3. The number of aromatic nitrogens is 2. The van der Waals surface area contributed by atoms with Crippen molar-refractivity contribution in [1.29, 1.82) is 0 Å². The van der Waals surface area contributed by atoms with Crippen molar-refractivity contribution in [3.05, 3.63) is 59.7 Å². The molecule has 7 heteroatoms. The lowest BCUT2D eigenvalue weighted by atomic mass is 9.89. The van der Waals surface area contributed by atoms with Gasteiger partial charge in [0.25, 0.3) is 0 Å². The van der Waals surface area contributed by atoms with Crippen LogP contribution in [-0.4, -0.2) is 46.8 Å². The van der Waals surface area contributed by atoms with Gasteiger partial charge in [0, 0.05) is 31.8 Å². The van der Waals surface area contributed by atoms with Gasteiger partial charge >= 0.3 is 0 Å². The van der Waals surface area contributed by atoms with E-state index < -0.39 is 0 Å². The van der Waals surface area contributed by atoms with Crippen LogP contribution in [0.4, 0.5) is 4.39 Å². The van der Waals surface area contributed by atoms with Crippen LogP contribution in [0.25, 0.3) is 11.0 Å². The lowest BCUT2D eigenvalue weighted by Crippen LogP contribution is -2.42. The monoisotopic (exact) mass is 409 g/mol. The maximum Gasteiger partial charge on any atom is 0.223 e. The van der Waals surface area contributed by atoms with Gasteiger partial charge in [-0.2, -0.15) is 0 Å². The number of halogens is 1. The van der Waals surface area contributed by atoms with Gasteiger partial charge in [0.15, 0.2) is 5.78 Å². The number of rotatable bonds is 6. The summed E-state index contributed by atoms with van der Waals surface area (Å²) in [5.41, 5.74) is 1.87. The lowest BCUT2D eigenvalue weighted by molar-refractivity contribution is -0.132. The summed E-state index contributed by atoms with van der Waals surface area (Å²) < 4.78 is 18.6. The van der Waals surface area contributed by atoms with Crippen molar-refractivity contribution in [2.24, 2.45) is 5.92 Å². The number of para-hydroxylation sites is 1. The molecule has 30 heavy (non-hydrogen) atoms. The fourth-order valence-corrected chi connectivity index (χ4v) is 4.02. The van der Waals surface area contributed by atoms with E-state index in [1.165, 1.54) is 12.1 Å². The summed E-state index contributed by atoms with van der Waals surface area (Å²) in [7, 11) is 1.55. The molecular weight excluding hydrogens is 385 g/mol. The van der Waals surface area contributed by atoms with Crippen molar-refractivity contribution in [2.45, 2.75) is 25.7 Å². The molecule has 1 amide bonds. The Morgan fingerprint density at radius 2 is 2.10 bits per heavy atom. The quantitative estimate of drug-likeness (QED) is 0.629. The number of ether oxygens (including phenoxy) is 1. The van der Waals surface area contributed by atoms with E-state index in [2.05, 4.69) is 9.97 Å². The van der Waals surface area contributed by atoms with Crippen molar-refractivity contribution >= 4 is 22.7 Å². The highest BCUT2D eigenvalue weighted by molar-refractivity contribution is 6.00. The Morgan fingerprint density at radius 1 is 1.27 bits per heavy atom. The molecule has 2 heterocycles. The highest BCUT2D eigenvalue weighted by atomic mass is 19.1. The number of carbonyl (C=O) groups excluding carboxylic acids is 2. The Kier molecular flexibility index (Phi) is 5.79. The van der Waals surface area contributed by atoms with Crippen molar-refractivity contribution < 1.29 is 18.7 Å². The molecule has 1 saturated heterocycles. The van der Waals surface area contributed by atoms with E-state index in [1.807, 2.05) is 12.1 Å². The normalized spacial score (nSPS) is 16.6. The molecule has 1 atom stereocenters. The maximum absolute atomic E-state index is 13.3. The third-order valence-corrected chi connectivity index (χ3v) is 5.59. The van der Waals surface area contributed by atoms with E-state index in [0.717, 1.165) is 12.8 Å². The van der Waals surface area contributed by atoms with E-state index in [1.54, 1.807) is 30.2 Å². The molecule has 1 N–H and O–H groups in total.